The zero-order valence-electron chi connectivity index (χ0n) is 10.6. The topological polar surface area (TPSA) is 9.23 Å². The molecule has 0 aliphatic carbocycles. The van der Waals surface area contributed by atoms with Crippen LogP contribution in [0.15, 0.2) is 36.4 Å². The summed E-state index contributed by atoms with van der Waals surface area (Å²) in [7, 11) is 0. The first-order chi connectivity index (χ1) is 9.16. The van der Waals surface area contributed by atoms with E-state index in [1.54, 1.807) is 0 Å². The third-order valence-electron chi connectivity index (χ3n) is 3.62. The second-order valence-corrected chi connectivity index (χ2v) is 5.68. The molecule has 19 heavy (non-hydrogen) atoms. The molecule has 2 aromatic rings. The molecule has 0 fully saturated rings. The number of ether oxygens (including phenoxy) is 1. The van der Waals surface area contributed by atoms with Gasteiger partial charge < -0.3 is 4.74 Å². The highest BCUT2D eigenvalue weighted by Crippen LogP contribution is 2.35. The van der Waals surface area contributed by atoms with Crippen LogP contribution in [0.3, 0.4) is 0 Å². The largest absolute Gasteiger partial charge is 0.372 e. The minimum absolute atomic E-state index is 0.176. The first-order valence-corrected chi connectivity index (χ1v) is 7.07. The minimum Gasteiger partial charge on any atom is -0.372 e. The molecule has 0 amide bonds. The predicted octanol–water partition coefficient (Wildman–Crippen LogP) is 5.01. The van der Waals surface area contributed by atoms with Crippen molar-refractivity contribution in [1.29, 1.82) is 0 Å². The monoisotopic (exact) mass is 292 g/mol. The molecule has 1 nitrogen and oxygen atoms in total. The van der Waals surface area contributed by atoms with Crippen molar-refractivity contribution in [3.05, 3.63) is 69.2 Å². The molecule has 1 unspecified atom stereocenters. The molecule has 0 aromatic heterocycles. The molecule has 1 atom stereocenters. The third kappa shape index (κ3) is 2.38. The molecular formula is C16H14Cl2O. The van der Waals surface area contributed by atoms with E-state index >= 15 is 0 Å². The van der Waals surface area contributed by atoms with E-state index in [-0.39, 0.29) is 5.38 Å². The van der Waals surface area contributed by atoms with Gasteiger partial charge in [-0.3, -0.25) is 0 Å². The lowest BCUT2D eigenvalue weighted by molar-refractivity contribution is 0.134. The molecule has 0 saturated heterocycles. The molecule has 0 radical (unpaired) electrons. The number of benzene rings is 2. The standard InChI is InChI=1S/C16H14Cl2O/c1-10-14(3-2-4-15(10)17)16(18)11-5-6-12-8-19-9-13(12)7-11/h2-7,16H,8-9H2,1H3. The van der Waals surface area contributed by atoms with Crippen LogP contribution in [-0.2, 0) is 18.0 Å². The van der Waals surface area contributed by atoms with E-state index in [9.17, 15) is 0 Å². The van der Waals surface area contributed by atoms with Gasteiger partial charge in [0.15, 0.2) is 0 Å². The first kappa shape index (κ1) is 13.0. The van der Waals surface area contributed by atoms with Gasteiger partial charge in [0.2, 0.25) is 0 Å². The van der Waals surface area contributed by atoms with Crippen molar-refractivity contribution >= 4 is 23.2 Å². The summed E-state index contributed by atoms with van der Waals surface area (Å²) in [6.07, 6.45) is 0. The van der Waals surface area contributed by atoms with Gasteiger partial charge in [-0.05, 0) is 40.8 Å². The average Bonchev–Trinajstić information content (AvgIpc) is 2.88. The van der Waals surface area contributed by atoms with Crippen LogP contribution in [0, 0.1) is 6.92 Å². The summed E-state index contributed by atoms with van der Waals surface area (Å²) in [5.74, 6) is 0. The Kier molecular flexibility index (Phi) is 3.53. The molecule has 2 aromatic carbocycles. The Labute approximate surface area is 123 Å². The van der Waals surface area contributed by atoms with Crippen LogP contribution in [0.5, 0.6) is 0 Å². The summed E-state index contributed by atoms with van der Waals surface area (Å²) in [6, 6.07) is 12.2. The van der Waals surface area contributed by atoms with E-state index in [0.29, 0.717) is 13.2 Å². The van der Waals surface area contributed by atoms with Gasteiger partial charge in [-0.15, -0.1) is 11.6 Å². The summed E-state index contributed by atoms with van der Waals surface area (Å²) in [4.78, 5) is 0. The van der Waals surface area contributed by atoms with E-state index in [2.05, 4.69) is 18.2 Å². The Morgan fingerprint density at radius 2 is 1.89 bits per heavy atom. The lowest BCUT2D eigenvalue weighted by atomic mass is 9.97. The zero-order chi connectivity index (χ0) is 13.4. The van der Waals surface area contributed by atoms with Crippen molar-refractivity contribution in [2.45, 2.75) is 25.5 Å². The van der Waals surface area contributed by atoms with Crippen LogP contribution in [0.4, 0.5) is 0 Å². The van der Waals surface area contributed by atoms with Gasteiger partial charge in [-0.2, -0.15) is 0 Å². The maximum Gasteiger partial charge on any atom is 0.0838 e. The molecule has 1 heterocycles. The third-order valence-corrected chi connectivity index (χ3v) is 4.52. The number of alkyl halides is 1. The number of hydrogen-bond donors (Lipinski definition) is 0. The Balaban J connectivity index is 2.00. The van der Waals surface area contributed by atoms with Crippen molar-refractivity contribution in [1.82, 2.24) is 0 Å². The molecule has 98 valence electrons. The second kappa shape index (κ2) is 5.16. The molecule has 0 spiro atoms. The predicted molar refractivity (Wildman–Crippen MR) is 78.8 cm³/mol. The maximum absolute atomic E-state index is 6.61. The molecule has 1 aliphatic heterocycles. The fourth-order valence-electron chi connectivity index (χ4n) is 2.43. The summed E-state index contributed by atoms with van der Waals surface area (Å²) < 4.78 is 5.43. The molecule has 3 heteroatoms. The molecular weight excluding hydrogens is 279 g/mol. The summed E-state index contributed by atoms with van der Waals surface area (Å²) in [5, 5.41) is 0.581. The number of halogens is 2. The Hall–Kier alpha value is -1.02. The normalized spacial score (nSPS) is 15.3. The van der Waals surface area contributed by atoms with Gasteiger partial charge in [0.25, 0.3) is 0 Å². The highest BCUT2D eigenvalue weighted by atomic mass is 35.5. The smallest absolute Gasteiger partial charge is 0.0838 e. The number of hydrogen-bond acceptors (Lipinski definition) is 1. The zero-order valence-corrected chi connectivity index (χ0v) is 12.1. The fraction of sp³-hybridized carbons (Fsp3) is 0.250. The fourth-order valence-corrected chi connectivity index (χ4v) is 2.98. The molecule has 1 aliphatic rings. The van der Waals surface area contributed by atoms with E-state index in [0.717, 1.165) is 21.7 Å². The van der Waals surface area contributed by atoms with Gasteiger partial charge in [0.05, 0.1) is 18.6 Å². The van der Waals surface area contributed by atoms with Gasteiger partial charge in [-0.1, -0.05) is 41.9 Å². The van der Waals surface area contributed by atoms with Crippen LogP contribution in [-0.4, -0.2) is 0 Å². The average molecular weight is 293 g/mol. The Morgan fingerprint density at radius 1 is 1.11 bits per heavy atom. The number of fused-ring (bicyclic) bond motifs is 1. The summed E-state index contributed by atoms with van der Waals surface area (Å²) >= 11 is 12.8. The maximum atomic E-state index is 6.61. The molecule has 3 rings (SSSR count). The lowest BCUT2D eigenvalue weighted by Gasteiger charge is -2.15. The highest BCUT2D eigenvalue weighted by molar-refractivity contribution is 6.31. The van der Waals surface area contributed by atoms with E-state index in [1.807, 2.05) is 25.1 Å². The van der Waals surface area contributed by atoms with E-state index in [1.165, 1.54) is 11.1 Å². The van der Waals surface area contributed by atoms with E-state index in [4.69, 9.17) is 27.9 Å². The lowest BCUT2D eigenvalue weighted by Crippen LogP contribution is -1.98. The van der Waals surface area contributed by atoms with Crippen molar-refractivity contribution in [3.8, 4) is 0 Å². The second-order valence-electron chi connectivity index (χ2n) is 4.84. The Morgan fingerprint density at radius 3 is 2.74 bits per heavy atom. The van der Waals surface area contributed by atoms with Crippen molar-refractivity contribution in [2.75, 3.05) is 0 Å². The van der Waals surface area contributed by atoms with Crippen LogP contribution in [0.2, 0.25) is 5.02 Å². The van der Waals surface area contributed by atoms with E-state index < -0.39 is 0 Å². The molecule has 0 bridgehead atoms. The van der Waals surface area contributed by atoms with Crippen molar-refractivity contribution < 1.29 is 4.74 Å². The SMILES string of the molecule is Cc1c(Cl)cccc1C(Cl)c1ccc2c(c1)COC2. The molecule has 0 saturated carbocycles. The summed E-state index contributed by atoms with van der Waals surface area (Å²) in [6.45, 7) is 3.39. The van der Waals surface area contributed by atoms with Crippen LogP contribution >= 0.6 is 23.2 Å². The highest BCUT2D eigenvalue weighted by Gasteiger charge is 2.18. The Bertz CT molecular complexity index is 622. The quantitative estimate of drug-likeness (QED) is 0.707. The van der Waals surface area contributed by atoms with Crippen molar-refractivity contribution in [3.63, 3.8) is 0 Å². The van der Waals surface area contributed by atoms with Gasteiger partial charge in [0.1, 0.15) is 0 Å². The van der Waals surface area contributed by atoms with Crippen LogP contribution < -0.4 is 0 Å². The molecule has 0 N–H and O–H groups in total. The summed E-state index contributed by atoms with van der Waals surface area (Å²) in [5.41, 5.74) is 5.70. The van der Waals surface area contributed by atoms with Crippen LogP contribution in [0.1, 0.15) is 33.2 Å². The first-order valence-electron chi connectivity index (χ1n) is 6.25. The van der Waals surface area contributed by atoms with Crippen LogP contribution in [0.25, 0.3) is 0 Å². The minimum atomic E-state index is -0.176. The number of rotatable bonds is 2. The van der Waals surface area contributed by atoms with Crippen molar-refractivity contribution in [2.24, 2.45) is 0 Å². The van der Waals surface area contributed by atoms with Gasteiger partial charge in [-0.25, -0.2) is 0 Å². The van der Waals surface area contributed by atoms with Gasteiger partial charge in [0, 0.05) is 5.02 Å². The van der Waals surface area contributed by atoms with Gasteiger partial charge >= 0.3 is 0 Å².